The fourth-order valence-electron chi connectivity index (χ4n) is 3.33. The van der Waals surface area contributed by atoms with E-state index in [4.69, 9.17) is 4.74 Å². The van der Waals surface area contributed by atoms with Gasteiger partial charge in [0.1, 0.15) is 5.60 Å². The number of hydrogen-bond acceptors (Lipinski definition) is 4. The normalized spacial score (nSPS) is 16.1. The Balaban J connectivity index is 1.80. The lowest BCUT2D eigenvalue weighted by Gasteiger charge is -2.34. The first-order valence-electron chi connectivity index (χ1n) is 10.2. The number of amides is 2. The maximum Gasteiger partial charge on any atom is 0.407 e. The van der Waals surface area contributed by atoms with Crippen LogP contribution in [-0.4, -0.2) is 59.1 Å². The average molecular weight is 390 g/mol. The Kier molecular flexibility index (Phi) is 7.87. The van der Waals surface area contributed by atoms with E-state index >= 15 is 0 Å². The van der Waals surface area contributed by atoms with Gasteiger partial charge in [0.05, 0.1) is 6.54 Å². The fraction of sp³-hybridized carbons (Fsp3) is 0.636. The third kappa shape index (κ3) is 7.50. The van der Waals surface area contributed by atoms with Gasteiger partial charge in [-0.05, 0) is 53.0 Å². The van der Waals surface area contributed by atoms with Crippen LogP contribution in [0.2, 0.25) is 0 Å². The third-order valence-electron chi connectivity index (χ3n) is 4.81. The van der Waals surface area contributed by atoms with Crippen molar-refractivity contribution in [2.24, 2.45) is 0 Å². The lowest BCUT2D eigenvalue weighted by molar-refractivity contribution is -0.135. The summed E-state index contributed by atoms with van der Waals surface area (Å²) in [6.07, 6.45) is 1.29. The van der Waals surface area contributed by atoms with Crippen LogP contribution in [0, 0.1) is 0 Å². The average Bonchev–Trinajstić information content (AvgIpc) is 2.60. The number of piperidine rings is 1. The standard InChI is InChI=1S/C22H35N3O3/c1-17(2)25(15-18-9-7-6-8-10-18)20(26)16-24-13-11-19(12-14-24)23-21(27)28-22(3,4)5/h6-10,17,19H,11-16H2,1-5H3,(H,23,27). The fourth-order valence-corrected chi connectivity index (χ4v) is 3.33. The number of alkyl carbamates (subject to hydrolysis) is 1. The summed E-state index contributed by atoms with van der Waals surface area (Å²) >= 11 is 0. The summed E-state index contributed by atoms with van der Waals surface area (Å²) in [5.41, 5.74) is 0.654. The minimum atomic E-state index is -0.490. The molecule has 1 N–H and O–H groups in total. The minimum absolute atomic E-state index is 0.103. The lowest BCUT2D eigenvalue weighted by atomic mass is 10.1. The zero-order valence-corrected chi connectivity index (χ0v) is 17.9. The molecule has 1 heterocycles. The van der Waals surface area contributed by atoms with E-state index in [2.05, 4.69) is 36.2 Å². The smallest absolute Gasteiger partial charge is 0.407 e. The molecule has 28 heavy (non-hydrogen) atoms. The van der Waals surface area contributed by atoms with E-state index in [1.54, 1.807) is 0 Å². The van der Waals surface area contributed by atoms with Crippen LogP contribution in [0.4, 0.5) is 4.79 Å². The highest BCUT2D eigenvalue weighted by Crippen LogP contribution is 2.14. The van der Waals surface area contributed by atoms with Gasteiger partial charge in [0.15, 0.2) is 0 Å². The molecular formula is C22H35N3O3. The maximum atomic E-state index is 12.9. The van der Waals surface area contributed by atoms with E-state index in [1.165, 1.54) is 0 Å². The molecule has 0 spiro atoms. The largest absolute Gasteiger partial charge is 0.444 e. The Bertz CT molecular complexity index is 632. The summed E-state index contributed by atoms with van der Waals surface area (Å²) < 4.78 is 5.32. The number of nitrogens with zero attached hydrogens (tertiary/aromatic N) is 2. The van der Waals surface area contributed by atoms with Crippen LogP contribution in [0.3, 0.4) is 0 Å². The number of hydrogen-bond donors (Lipinski definition) is 1. The molecule has 0 aromatic heterocycles. The molecule has 6 heteroatoms. The molecule has 0 saturated carbocycles. The van der Waals surface area contributed by atoms with Crippen molar-refractivity contribution in [3.05, 3.63) is 35.9 Å². The minimum Gasteiger partial charge on any atom is -0.444 e. The second-order valence-electron chi connectivity index (χ2n) is 8.80. The Labute approximate surface area is 169 Å². The third-order valence-corrected chi connectivity index (χ3v) is 4.81. The van der Waals surface area contributed by atoms with E-state index in [0.717, 1.165) is 31.5 Å². The van der Waals surface area contributed by atoms with Crippen molar-refractivity contribution >= 4 is 12.0 Å². The molecular weight excluding hydrogens is 354 g/mol. The van der Waals surface area contributed by atoms with Gasteiger partial charge in [-0.1, -0.05) is 30.3 Å². The Morgan fingerprint density at radius 2 is 1.79 bits per heavy atom. The SMILES string of the molecule is CC(C)N(Cc1ccccc1)C(=O)CN1CCC(NC(=O)OC(C)(C)C)CC1. The number of ether oxygens (including phenoxy) is 1. The molecule has 0 unspecified atom stereocenters. The Morgan fingerprint density at radius 1 is 1.18 bits per heavy atom. The van der Waals surface area contributed by atoms with E-state index in [0.29, 0.717) is 13.1 Å². The second kappa shape index (κ2) is 9.92. The number of carbonyl (C=O) groups excluding carboxylic acids is 2. The van der Waals surface area contributed by atoms with Gasteiger partial charge in [-0.3, -0.25) is 9.69 Å². The molecule has 1 aromatic rings. The highest BCUT2D eigenvalue weighted by atomic mass is 16.6. The van der Waals surface area contributed by atoms with Gasteiger partial charge in [-0.15, -0.1) is 0 Å². The van der Waals surface area contributed by atoms with Gasteiger partial charge in [0.2, 0.25) is 5.91 Å². The predicted octanol–water partition coefficient (Wildman–Crippen LogP) is 3.41. The van der Waals surface area contributed by atoms with E-state index in [9.17, 15) is 9.59 Å². The van der Waals surface area contributed by atoms with Crippen molar-refractivity contribution in [1.82, 2.24) is 15.1 Å². The van der Waals surface area contributed by atoms with Gasteiger partial charge in [0, 0.05) is 31.7 Å². The maximum absolute atomic E-state index is 12.9. The van der Waals surface area contributed by atoms with Crippen molar-refractivity contribution in [1.29, 1.82) is 0 Å². The first kappa shape index (κ1) is 22.2. The lowest BCUT2D eigenvalue weighted by Crippen LogP contribution is -2.49. The summed E-state index contributed by atoms with van der Waals surface area (Å²) in [7, 11) is 0. The van der Waals surface area contributed by atoms with Crippen LogP contribution in [-0.2, 0) is 16.1 Å². The quantitative estimate of drug-likeness (QED) is 0.810. The molecule has 0 bridgehead atoms. The molecule has 1 aliphatic rings. The van der Waals surface area contributed by atoms with Crippen molar-refractivity contribution in [2.75, 3.05) is 19.6 Å². The molecule has 6 nitrogen and oxygen atoms in total. The van der Waals surface area contributed by atoms with Crippen molar-refractivity contribution in [3.63, 3.8) is 0 Å². The highest BCUT2D eigenvalue weighted by molar-refractivity contribution is 5.78. The molecule has 1 aliphatic heterocycles. The molecule has 0 radical (unpaired) electrons. The summed E-state index contributed by atoms with van der Waals surface area (Å²) in [4.78, 5) is 28.9. The number of nitrogens with one attached hydrogen (secondary N) is 1. The van der Waals surface area contributed by atoms with Gasteiger partial charge < -0.3 is 15.0 Å². The molecule has 156 valence electrons. The van der Waals surface area contributed by atoms with Gasteiger partial charge in [-0.2, -0.15) is 0 Å². The summed E-state index contributed by atoms with van der Waals surface area (Å²) in [5, 5.41) is 2.94. The first-order valence-corrected chi connectivity index (χ1v) is 10.2. The van der Waals surface area contributed by atoms with Crippen LogP contribution in [0.15, 0.2) is 30.3 Å². The number of carbonyl (C=O) groups is 2. The van der Waals surface area contributed by atoms with Gasteiger partial charge >= 0.3 is 6.09 Å². The van der Waals surface area contributed by atoms with E-state index in [1.807, 2.05) is 43.9 Å². The molecule has 0 atom stereocenters. The van der Waals surface area contributed by atoms with Crippen LogP contribution < -0.4 is 5.32 Å². The molecule has 1 aromatic carbocycles. The summed E-state index contributed by atoms with van der Waals surface area (Å²) in [6, 6.07) is 10.3. The topological polar surface area (TPSA) is 61.9 Å². The zero-order chi connectivity index (χ0) is 20.7. The second-order valence-corrected chi connectivity index (χ2v) is 8.80. The molecule has 2 rings (SSSR count). The Morgan fingerprint density at radius 3 is 2.32 bits per heavy atom. The van der Waals surface area contributed by atoms with E-state index in [-0.39, 0.29) is 24.1 Å². The van der Waals surface area contributed by atoms with Gasteiger partial charge in [-0.25, -0.2) is 4.79 Å². The molecule has 1 fully saturated rings. The molecule has 1 saturated heterocycles. The summed E-state index contributed by atoms with van der Waals surface area (Å²) in [5.74, 6) is 0.150. The molecule has 0 aliphatic carbocycles. The number of rotatable bonds is 6. The number of benzene rings is 1. The van der Waals surface area contributed by atoms with Crippen LogP contribution in [0.25, 0.3) is 0 Å². The highest BCUT2D eigenvalue weighted by Gasteiger charge is 2.26. The van der Waals surface area contributed by atoms with Crippen molar-refractivity contribution in [2.45, 2.75) is 71.7 Å². The van der Waals surface area contributed by atoms with Crippen molar-refractivity contribution < 1.29 is 14.3 Å². The number of likely N-dealkylation sites (tertiary alicyclic amines) is 1. The van der Waals surface area contributed by atoms with Crippen LogP contribution in [0.5, 0.6) is 0 Å². The van der Waals surface area contributed by atoms with Crippen LogP contribution in [0.1, 0.15) is 53.0 Å². The summed E-state index contributed by atoms with van der Waals surface area (Å²) in [6.45, 7) is 12.3. The van der Waals surface area contributed by atoms with Crippen LogP contribution >= 0.6 is 0 Å². The van der Waals surface area contributed by atoms with Crippen molar-refractivity contribution in [3.8, 4) is 0 Å². The van der Waals surface area contributed by atoms with E-state index < -0.39 is 5.60 Å². The van der Waals surface area contributed by atoms with Gasteiger partial charge in [0.25, 0.3) is 0 Å². The monoisotopic (exact) mass is 389 g/mol. The Hall–Kier alpha value is -2.08. The molecule has 2 amide bonds. The zero-order valence-electron chi connectivity index (χ0n) is 17.9. The first-order chi connectivity index (χ1) is 13.1. The predicted molar refractivity (Wildman–Crippen MR) is 111 cm³/mol.